The van der Waals surface area contributed by atoms with Crippen molar-refractivity contribution < 1.29 is 19.5 Å². The van der Waals surface area contributed by atoms with Crippen LogP contribution >= 0.6 is 21.6 Å². The van der Waals surface area contributed by atoms with E-state index in [1.165, 1.54) is 21.6 Å². The second kappa shape index (κ2) is 12.1. The number of nitrogens with zero attached hydrogens (tertiary/aromatic N) is 1. The van der Waals surface area contributed by atoms with E-state index in [0.29, 0.717) is 29.2 Å². The normalized spacial score (nSPS) is 11.5. The molecule has 1 unspecified atom stereocenters. The van der Waals surface area contributed by atoms with Crippen LogP contribution in [0.5, 0.6) is 0 Å². The Morgan fingerprint density at radius 1 is 1.07 bits per heavy atom. The lowest BCUT2D eigenvalue weighted by molar-refractivity contribution is -0.756. The molecule has 0 fully saturated rings. The number of hydrogen-bond donors (Lipinski definition) is 1. The molecular formula is C20H22N2O5S2. The predicted octanol–water partition coefficient (Wildman–Crippen LogP) is 3.73. The second-order valence-electron chi connectivity index (χ2n) is 6.03. The van der Waals surface area contributed by atoms with Gasteiger partial charge in [0.2, 0.25) is 5.91 Å². The van der Waals surface area contributed by atoms with Crippen molar-refractivity contribution in [2.75, 3.05) is 24.7 Å². The third-order valence-corrected chi connectivity index (χ3v) is 6.38. The summed E-state index contributed by atoms with van der Waals surface area (Å²) >= 11 is 0. The predicted molar refractivity (Wildman–Crippen MR) is 116 cm³/mol. The molecule has 0 aliphatic rings. The fraction of sp³-hybridized carbons (Fsp3) is 0.300. The van der Waals surface area contributed by atoms with Crippen LogP contribution in [-0.2, 0) is 9.63 Å². The molecule has 0 radical (unpaired) electrons. The summed E-state index contributed by atoms with van der Waals surface area (Å²) in [5.41, 5.74) is 1.94. The SMILES string of the molecule is CC(C(=O)NCCSSCCO[N+](=O)[O-])c1cccc(C(=O)c2ccccc2)c1. The van der Waals surface area contributed by atoms with Crippen LogP contribution in [0.15, 0.2) is 54.6 Å². The minimum atomic E-state index is -0.810. The van der Waals surface area contributed by atoms with E-state index in [1.807, 2.05) is 24.3 Å². The highest BCUT2D eigenvalue weighted by Gasteiger charge is 2.17. The molecule has 0 spiro atoms. The smallest absolute Gasteiger partial charge is 0.294 e. The van der Waals surface area contributed by atoms with Crippen molar-refractivity contribution >= 4 is 33.3 Å². The first kappa shape index (κ1) is 22.8. The van der Waals surface area contributed by atoms with E-state index < -0.39 is 5.09 Å². The van der Waals surface area contributed by atoms with Crippen LogP contribution in [0.25, 0.3) is 0 Å². The zero-order chi connectivity index (χ0) is 21.1. The zero-order valence-corrected chi connectivity index (χ0v) is 17.5. The summed E-state index contributed by atoms with van der Waals surface area (Å²) < 4.78 is 0. The van der Waals surface area contributed by atoms with Crippen LogP contribution in [0.3, 0.4) is 0 Å². The molecule has 9 heteroatoms. The first-order chi connectivity index (χ1) is 14.0. The lowest BCUT2D eigenvalue weighted by atomic mass is 9.95. The summed E-state index contributed by atoms with van der Waals surface area (Å²) in [4.78, 5) is 39.2. The molecule has 0 bridgehead atoms. The Labute approximate surface area is 177 Å². The van der Waals surface area contributed by atoms with E-state index in [0.717, 1.165) is 5.56 Å². The van der Waals surface area contributed by atoms with Gasteiger partial charge in [-0.15, -0.1) is 10.1 Å². The number of carbonyl (C=O) groups excluding carboxylic acids is 2. The van der Waals surface area contributed by atoms with E-state index in [1.54, 1.807) is 37.3 Å². The van der Waals surface area contributed by atoms with Gasteiger partial charge in [-0.25, -0.2) is 0 Å². The van der Waals surface area contributed by atoms with Gasteiger partial charge in [0.15, 0.2) is 5.78 Å². The van der Waals surface area contributed by atoms with Gasteiger partial charge in [0.25, 0.3) is 5.09 Å². The van der Waals surface area contributed by atoms with Crippen molar-refractivity contribution in [1.29, 1.82) is 0 Å². The van der Waals surface area contributed by atoms with Gasteiger partial charge in [-0.05, 0) is 18.6 Å². The molecule has 0 saturated heterocycles. The number of amides is 1. The largest absolute Gasteiger partial charge is 0.355 e. The van der Waals surface area contributed by atoms with Crippen LogP contribution in [-0.4, -0.2) is 41.4 Å². The number of benzene rings is 2. The average Bonchev–Trinajstić information content (AvgIpc) is 2.74. The topological polar surface area (TPSA) is 98.5 Å². The lowest BCUT2D eigenvalue weighted by Crippen LogP contribution is -2.29. The van der Waals surface area contributed by atoms with E-state index in [-0.39, 0.29) is 24.2 Å². The van der Waals surface area contributed by atoms with E-state index in [4.69, 9.17) is 0 Å². The number of rotatable bonds is 12. The van der Waals surface area contributed by atoms with Crippen LogP contribution in [0.4, 0.5) is 0 Å². The molecule has 1 amide bonds. The third-order valence-electron chi connectivity index (χ3n) is 4.01. The maximum absolute atomic E-state index is 12.6. The summed E-state index contributed by atoms with van der Waals surface area (Å²) in [7, 11) is 2.97. The van der Waals surface area contributed by atoms with Crippen molar-refractivity contribution in [3.05, 3.63) is 81.4 Å². The Hall–Kier alpha value is -2.52. The first-order valence-corrected chi connectivity index (χ1v) is 11.5. The Bertz CT molecular complexity index is 833. The molecule has 154 valence electrons. The molecule has 2 rings (SSSR count). The fourth-order valence-electron chi connectivity index (χ4n) is 2.49. The summed E-state index contributed by atoms with van der Waals surface area (Å²) in [6.07, 6.45) is 0. The summed E-state index contributed by atoms with van der Waals surface area (Å²) in [6.45, 7) is 2.34. The molecule has 0 heterocycles. The van der Waals surface area contributed by atoms with Crippen molar-refractivity contribution in [2.24, 2.45) is 0 Å². The Morgan fingerprint density at radius 3 is 2.48 bits per heavy atom. The molecule has 0 aliphatic heterocycles. The molecule has 2 aromatic carbocycles. The first-order valence-electron chi connectivity index (χ1n) is 8.98. The fourth-order valence-corrected chi connectivity index (χ4v) is 4.21. The molecule has 7 nitrogen and oxygen atoms in total. The lowest BCUT2D eigenvalue weighted by Gasteiger charge is -2.13. The Balaban J connectivity index is 1.79. The van der Waals surface area contributed by atoms with Crippen molar-refractivity contribution in [3.63, 3.8) is 0 Å². The second-order valence-corrected chi connectivity index (χ2v) is 8.74. The van der Waals surface area contributed by atoms with Crippen molar-refractivity contribution in [2.45, 2.75) is 12.8 Å². The van der Waals surface area contributed by atoms with Gasteiger partial charge in [-0.2, -0.15) is 0 Å². The molecule has 29 heavy (non-hydrogen) atoms. The minimum absolute atomic E-state index is 0.0477. The molecule has 0 aliphatic carbocycles. The highest BCUT2D eigenvalue weighted by molar-refractivity contribution is 8.76. The minimum Gasteiger partial charge on any atom is -0.355 e. The summed E-state index contributed by atoms with van der Waals surface area (Å²) in [5.74, 6) is 0.600. The number of ketones is 1. The molecule has 0 aromatic heterocycles. The Kier molecular flexibility index (Phi) is 9.52. The number of hydrogen-bond acceptors (Lipinski definition) is 7. The van der Waals surface area contributed by atoms with Crippen LogP contribution in [0, 0.1) is 10.1 Å². The highest BCUT2D eigenvalue weighted by atomic mass is 33.1. The van der Waals surface area contributed by atoms with Gasteiger partial charge in [0.05, 0.1) is 5.92 Å². The molecular weight excluding hydrogens is 412 g/mol. The van der Waals surface area contributed by atoms with Crippen LogP contribution < -0.4 is 5.32 Å². The standard InChI is InChI=1S/C20H22N2O5S2/c1-15(20(24)21-10-12-28-29-13-11-27-22(25)26)17-8-5-9-18(14-17)19(23)16-6-3-2-4-7-16/h2-9,14-15H,10-13H2,1H3,(H,21,24). The molecule has 1 N–H and O–H groups in total. The van der Waals surface area contributed by atoms with E-state index >= 15 is 0 Å². The van der Waals surface area contributed by atoms with E-state index in [9.17, 15) is 19.7 Å². The van der Waals surface area contributed by atoms with Gasteiger partial charge in [-0.3, -0.25) is 9.59 Å². The van der Waals surface area contributed by atoms with Gasteiger partial charge in [-0.1, -0.05) is 70.1 Å². The molecule has 0 saturated carbocycles. The monoisotopic (exact) mass is 434 g/mol. The summed E-state index contributed by atoms with van der Waals surface area (Å²) in [5, 5.41) is 12.1. The summed E-state index contributed by atoms with van der Waals surface area (Å²) in [6, 6.07) is 16.2. The molecule has 2 aromatic rings. The Morgan fingerprint density at radius 2 is 1.76 bits per heavy atom. The van der Waals surface area contributed by atoms with Gasteiger partial charge in [0.1, 0.15) is 6.61 Å². The molecule has 1 atom stereocenters. The van der Waals surface area contributed by atoms with Gasteiger partial charge in [0, 0.05) is 29.2 Å². The van der Waals surface area contributed by atoms with Gasteiger partial charge < -0.3 is 10.2 Å². The zero-order valence-electron chi connectivity index (χ0n) is 15.9. The van der Waals surface area contributed by atoms with E-state index in [2.05, 4.69) is 10.2 Å². The average molecular weight is 435 g/mol. The quantitative estimate of drug-likeness (QED) is 0.179. The van der Waals surface area contributed by atoms with Crippen molar-refractivity contribution in [3.8, 4) is 0 Å². The number of nitrogens with one attached hydrogen (secondary N) is 1. The van der Waals surface area contributed by atoms with Crippen LogP contribution in [0.2, 0.25) is 0 Å². The van der Waals surface area contributed by atoms with Crippen LogP contribution in [0.1, 0.15) is 34.3 Å². The third kappa shape index (κ3) is 7.78. The highest BCUT2D eigenvalue weighted by Crippen LogP contribution is 2.21. The maximum Gasteiger partial charge on any atom is 0.294 e. The van der Waals surface area contributed by atoms with Crippen molar-refractivity contribution in [1.82, 2.24) is 5.32 Å². The van der Waals surface area contributed by atoms with Gasteiger partial charge >= 0.3 is 0 Å². The maximum atomic E-state index is 12.6. The number of carbonyl (C=O) groups is 2.